The van der Waals surface area contributed by atoms with Gasteiger partial charge in [0.15, 0.2) is 5.82 Å². The van der Waals surface area contributed by atoms with Gasteiger partial charge in [0, 0.05) is 29.6 Å². The molecule has 1 aromatic carbocycles. The molecule has 0 spiro atoms. The van der Waals surface area contributed by atoms with Crippen LogP contribution in [0.15, 0.2) is 12.1 Å². The minimum absolute atomic E-state index is 0.0473. The zero-order valence-corrected chi connectivity index (χ0v) is 15.3. The number of anilines is 1. The summed E-state index contributed by atoms with van der Waals surface area (Å²) in [6.45, 7) is 1.30. The molecule has 0 aliphatic carbocycles. The van der Waals surface area contributed by atoms with Crippen LogP contribution in [0, 0.1) is 11.6 Å². The predicted molar refractivity (Wildman–Crippen MR) is 87.5 cm³/mol. The zero-order valence-electron chi connectivity index (χ0n) is 13.7. The van der Waals surface area contributed by atoms with Crippen LogP contribution in [-0.2, 0) is 25.8 Å². The average molecular weight is 398 g/mol. The lowest BCUT2D eigenvalue weighted by Crippen LogP contribution is -2.30. The van der Waals surface area contributed by atoms with E-state index in [9.17, 15) is 30.8 Å². The van der Waals surface area contributed by atoms with Gasteiger partial charge in [-0.3, -0.25) is 8.51 Å². The smallest absolute Gasteiger partial charge is 0.341 e. The highest BCUT2D eigenvalue weighted by atomic mass is 32.2. The van der Waals surface area contributed by atoms with Gasteiger partial charge in [0.25, 0.3) is 0 Å². The van der Waals surface area contributed by atoms with Crippen molar-refractivity contribution in [3.8, 4) is 0 Å². The Hall–Kier alpha value is -1.59. The SMILES string of the molecule is CCCS(=O)(=O)CCCN(c1cc(F)cc(C(=O)OC)c1F)S(=O)[O-]. The summed E-state index contributed by atoms with van der Waals surface area (Å²) in [5.41, 5.74) is -1.45. The monoisotopic (exact) mass is 398 g/mol. The third kappa shape index (κ3) is 6.01. The molecule has 1 rings (SSSR count). The van der Waals surface area contributed by atoms with E-state index in [-0.39, 0.29) is 24.5 Å². The summed E-state index contributed by atoms with van der Waals surface area (Å²) >= 11 is -3.00. The van der Waals surface area contributed by atoms with Crippen molar-refractivity contribution >= 4 is 32.8 Å². The molecule has 0 radical (unpaired) electrons. The normalized spacial score (nSPS) is 12.7. The van der Waals surface area contributed by atoms with Gasteiger partial charge in [-0.1, -0.05) is 6.92 Å². The van der Waals surface area contributed by atoms with E-state index < -0.39 is 50.0 Å². The van der Waals surface area contributed by atoms with Crippen LogP contribution in [0.4, 0.5) is 14.5 Å². The van der Waals surface area contributed by atoms with E-state index >= 15 is 0 Å². The number of esters is 1. The first-order valence-electron chi connectivity index (χ1n) is 7.27. The van der Waals surface area contributed by atoms with Crippen molar-refractivity contribution < 1.29 is 35.5 Å². The van der Waals surface area contributed by atoms with Crippen molar-refractivity contribution in [1.29, 1.82) is 0 Å². The molecular weight excluding hydrogens is 380 g/mol. The first-order chi connectivity index (χ1) is 11.6. The summed E-state index contributed by atoms with van der Waals surface area (Å²) in [6.07, 6.45) is 0.306. The van der Waals surface area contributed by atoms with Crippen molar-refractivity contribution in [3.05, 3.63) is 29.3 Å². The van der Waals surface area contributed by atoms with Gasteiger partial charge in [0.05, 0.1) is 18.6 Å². The van der Waals surface area contributed by atoms with Crippen LogP contribution in [0.25, 0.3) is 0 Å². The van der Waals surface area contributed by atoms with Crippen LogP contribution < -0.4 is 4.31 Å². The number of rotatable bonds is 9. The second-order valence-corrected chi connectivity index (χ2v) is 8.28. The first-order valence-corrected chi connectivity index (χ1v) is 10.1. The van der Waals surface area contributed by atoms with Crippen LogP contribution in [0.3, 0.4) is 0 Å². The third-order valence-electron chi connectivity index (χ3n) is 3.20. The van der Waals surface area contributed by atoms with Crippen molar-refractivity contribution in [2.24, 2.45) is 0 Å². The van der Waals surface area contributed by atoms with E-state index in [1.54, 1.807) is 6.92 Å². The standard InChI is InChI=1S/C14H19F2NO6S2/c1-3-6-25(21,22)7-4-5-17(24(19)20)12-9-10(15)8-11(13(12)16)14(18)23-2/h8-9H,3-7H2,1-2H3,(H,19,20)/p-1. The lowest BCUT2D eigenvalue weighted by molar-refractivity contribution is 0.0595. The molecule has 0 saturated heterocycles. The van der Waals surface area contributed by atoms with Gasteiger partial charge in [-0.2, -0.15) is 0 Å². The lowest BCUT2D eigenvalue weighted by atomic mass is 10.1. The Morgan fingerprint density at radius 3 is 2.48 bits per heavy atom. The topological polar surface area (TPSA) is 104 Å². The van der Waals surface area contributed by atoms with E-state index in [1.807, 2.05) is 0 Å². The molecule has 142 valence electrons. The van der Waals surface area contributed by atoms with Crippen molar-refractivity contribution in [2.45, 2.75) is 19.8 Å². The lowest BCUT2D eigenvalue weighted by Gasteiger charge is -2.27. The third-order valence-corrected chi connectivity index (χ3v) is 5.88. The van der Waals surface area contributed by atoms with Crippen LogP contribution in [-0.4, -0.2) is 48.3 Å². The summed E-state index contributed by atoms with van der Waals surface area (Å²) < 4.78 is 78.9. The summed E-state index contributed by atoms with van der Waals surface area (Å²) in [5.74, 6) is -3.82. The molecule has 1 atom stereocenters. The molecule has 25 heavy (non-hydrogen) atoms. The highest BCUT2D eigenvalue weighted by Crippen LogP contribution is 2.26. The maximum atomic E-state index is 14.4. The molecule has 1 unspecified atom stereocenters. The molecule has 0 aromatic heterocycles. The molecule has 0 aliphatic heterocycles. The molecule has 0 aliphatic rings. The van der Waals surface area contributed by atoms with Gasteiger partial charge < -0.3 is 9.29 Å². The fourth-order valence-corrected chi connectivity index (χ4v) is 4.10. The number of sulfone groups is 1. The van der Waals surface area contributed by atoms with Crippen LogP contribution >= 0.6 is 0 Å². The van der Waals surface area contributed by atoms with E-state index in [1.165, 1.54) is 0 Å². The molecule has 1 aromatic rings. The summed E-state index contributed by atoms with van der Waals surface area (Å²) in [4.78, 5) is 11.5. The van der Waals surface area contributed by atoms with Crippen LogP contribution in [0.1, 0.15) is 30.1 Å². The molecule has 0 amide bonds. The predicted octanol–water partition coefficient (Wildman–Crippen LogP) is 1.57. The maximum Gasteiger partial charge on any atom is 0.341 e. The number of carbonyl (C=O) groups excluding carboxylic acids is 1. The Morgan fingerprint density at radius 2 is 1.96 bits per heavy atom. The molecule has 11 heteroatoms. The molecule has 0 bridgehead atoms. The quantitative estimate of drug-likeness (QED) is 0.462. The highest BCUT2D eigenvalue weighted by Gasteiger charge is 2.22. The molecule has 0 heterocycles. The number of ether oxygens (including phenoxy) is 1. The zero-order chi connectivity index (χ0) is 19.2. The van der Waals surface area contributed by atoms with Gasteiger partial charge in [0.1, 0.15) is 21.2 Å². The van der Waals surface area contributed by atoms with Crippen molar-refractivity contribution in [2.75, 3.05) is 29.5 Å². The number of benzene rings is 1. The average Bonchev–Trinajstić information content (AvgIpc) is 2.52. The molecule has 0 N–H and O–H groups in total. The number of halogens is 2. The number of hydrogen-bond acceptors (Lipinski definition) is 6. The van der Waals surface area contributed by atoms with Crippen LogP contribution in [0.5, 0.6) is 0 Å². The molecule has 0 saturated carbocycles. The largest absolute Gasteiger partial charge is 0.755 e. The van der Waals surface area contributed by atoms with E-state index in [0.29, 0.717) is 22.9 Å². The van der Waals surface area contributed by atoms with Gasteiger partial charge in [0.2, 0.25) is 0 Å². The fraction of sp³-hybridized carbons (Fsp3) is 0.500. The van der Waals surface area contributed by atoms with Crippen molar-refractivity contribution in [1.82, 2.24) is 0 Å². The number of hydrogen-bond donors (Lipinski definition) is 0. The number of methoxy groups -OCH3 is 1. The summed E-state index contributed by atoms with van der Waals surface area (Å²) in [7, 11) is -2.38. The molecule has 7 nitrogen and oxygen atoms in total. The Balaban J connectivity index is 3.09. The maximum absolute atomic E-state index is 14.4. The molecule has 0 fully saturated rings. The van der Waals surface area contributed by atoms with E-state index in [2.05, 4.69) is 4.74 Å². The second kappa shape index (κ2) is 9.20. The first kappa shape index (κ1) is 21.5. The Bertz CT molecular complexity index is 754. The Labute approximate surface area is 147 Å². The van der Waals surface area contributed by atoms with Gasteiger partial charge in [-0.05, 0) is 18.9 Å². The van der Waals surface area contributed by atoms with Gasteiger partial charge in [-0.25, -0.2) is 22.0 Å². The van der Waals surface area contributed by atoms with Gasteiger partial charge >= 0.3 is 5.97 Å². The number of nitrogens with zero attached hydrogens (tertiary/aromatic N) is 1. The minimum Gasteiger partial charge on any atom is -0.755 e. The fourth-order valence-electron chi connectivity index (χ4n) is 2.13. The van der Waals surface area contributed by atoms with E-state index in [4.69, 9.17) is 0 Å². The highest BCUT2D eigenvalue weighted by molar-refractivity contribution is 7.91. The number of carbonyl (C=O) groups is 1. The Kier molecular flexibility index (Phi) is 7.90. The van der Waals surface area contributed by atoms with E-state index in [0.717, 1.165) is 7.11 Å². The minimum atomic E-state index is -3.35. The van der Waals surface area contributed by atoms with Crippen LogP contribution in [0.2, 0.25) is 0 Å². The van der Waals surface area contributed by atoms with Crippen molar-refractivity contribution in [3.63, 3.8) is 0 Å². The summed E-state index contributed by atoms with van der Waals surface area (Å²) in [5, 5.41) is 0. The molecular formula is C14H18F2NO6S2-. The summed E-state index contributed by atoms with van der Waals surface area (Å²) in [6, 6.07) is 1.19. The Morgan fingerprint density at radius 1 is 1.32 bits per heavy atom. The second-order valence-electron chi connectivity index (χ2n) is 5.10. The van der Waals surface area contributed by atoms with Gasteiger partial charge in [-0.15, -0.1) is 0 Å².